The number of hydrogen-bond acceptors (Lipinski definition) is 4. The van der Waals surface area contributed by atoms with Gasteiger partial charge in [0.25, 0.3) is 0 Å². The van der Waals surface area contributed by atoms with Gasteiger partial charge in [0.05, 0.1) is 0 Å². The maximum atomic E-state index is 11.5. The zero-order valence-corrected chi connectivity index (χ0v) is 8.87. The molecule has 1 unspecified atom stereocenters. The van der Waals surface area contributed by atoms with Crippen LogP contribution in [0.25, 0.3) is 0 Å². The van der Waals surface area contributed by atoms with E-state index in [4.69, 9.17) is 5.11 Å². The molecule has 1 aliphatic rings. The molecule has 1 atom stereocenters. The van der Waals surface area contributed by atoms with Crippen molar-refractivity contribution >= 4 is 17.8 Å². The number of likely N-dealkylation sites (tertiary alicyclic amines) is 1. The molecule has 2 heterocycles. The number of carbonyl (C=O) groups excluding carboxylic acids is 2. The average molecular weight is 234 g/mol. The quantitative estimate of drug-likeness (QED) is 0.763. The Balaban J connectivity index is 2.40. The molecule has 1 aromatic rings. The number of carboxylic acid groups (broad SMARTS) is 1. The maximum absolute atomic E-state index is 11.5. The van der Waals surface area contributed by atoms with Crippen molar-refractivity contribution < 1.29 is 19.5 Å². The predicted octanol–water partition coefficient (Wildman–Crippen LogP) is 0.356. The van der Waals surface area contributed by atoms with Gasteiger partial charge in [0.15, 0.2) is 6.04 Å². The molecule has 6 nitrogen and oxygen atoms in total. The maximum Gasteiger partial charge on any atom is 0.331 e. The van der Waals surface area contributed by atoms with Gasteiger partial charge >= 0.3 is 5.97 Å². The van der Waals surface area contributed by atoms with Crippen molar-refractivity contribution in [2.75, 3.05) is 0 Å². The summed E-state index contributed by atoms with van der Waals surface area (Å²) in [6.07, 6.45) is 2.99. The first-order valence-corrected chi connectivity index (χ1v) is 5.09. The summed E-state index contributed by atoms with van der Waals surface area (Å²) in [6.45, 7) is 0. The number of amides is 2. The molecule has 2 amide bonds. The lowest BCUT2D eigenvalue weighted by atomic mass is 10.1. The van der Waals surface area contributed by atoms with Crippen LogP contribution in [-0.2, 0) is 14.4 Å². The largest absolute Gasteiger partial charge is 0.479 e. The van der Waals surface area contributed by atoms with E-state index in [1.165, 1.54) is 18.5 Å². The second kappa shape index (κ2) is 4.32. The SMILES string of the molecule is O=C(O)C(c1cccnc1)N1C(=O)CCC1=O. The van der Waals surface area contributed by atoms with Crippen LogP contribution in [0.1, 0.15) is 24.4 Å². The van der Waals surface area contributed by atoms with Gasteiger partial charge in [-0.05, 0) is 6.07 Å². The van der Waals surface area contributed by atoms with E-state index in [1.807, 2.05) is 0 Å². The summed E-state index contributed by atoms with van der Waals surface area (Å²) >= 11 is 0. The van der Waals surface area contributed by atoms with E-state index in [1.54, 1.807) is 6.07 Å². The molecule has 0 spiro atoms. The predicted molar refractivity (Wildman–Crippen MR) is 55.7 cm³/mol. The Labute approximate surface area is 96.9 Å². The van der Waals surface area contributed by atoms with Crippen LogP contribution in [-0.4, -0.2) is 32.8 Å². The molecule has 0 aromatic carbocycles. The fourth-order valence-corrected chi connectivity index (χ4v) is 1.82. The number of aromatic nitrogens is 1. The van der Waals surface area contributed by atoms with E-state index in [-0.39, 0.29) is 12.8 Å². The van der Waals surface area contributed by atoms with E-state index in [0.717, 1.165) is 4.90 Å². The van der Waals surface area contributed by atoms with Crippen molar-refractivity contribution in [3.8, 4) is 0 Å². The van der Waals surface area contributed by atoms with Crippen molar-refractivity contribution in [1.29, 1.82) is 0 Å². The van der Waals surface area contributed by atoms with Crippen molar-refractivity contribution in [2.24, 2.45) is 0 Å². The molecule has 0 saturated carbocycles. The summed E-state index contributed by atoms with van der Waals surface area (Å²) in [4.78, 5) is 38.9. The highest BCUT2D eigenvalue weighted by Crippen LogP contribution is 2.26. The minimum Gasteiger partial charge on any atom is -0.479 e. The fourth-order valence-electron chi connectivity index (χ4n) is 1.82. The molecule has 6 heteroatoms. The Morgan fingerprint density at radius 3 is 2.47 bits per heavy atom. The average Bonchev–Trinajstić information content (AvgIpc) is 2.62. The van der Waals surface area contributed by atoms with Crippen molar-refractivity contribution in [1.82, 2.24) is 9.88 Å². The molecular formula is C11H10N2O4. The summed E-state index contributed by atoms with van der Waals surface area (Å²) in [5.74, 6) is -2.14. The Morgan fingerprint density at radius 1 is 1.35 bits per heavy atom. The number of nitrogens with zero attached hydrogens (tertiary/aromatic N) is 2. The van der Waals surface area contributed by atoms with E-state index >= 15 is 0 Å². The van der Waals surface area contributed by atoms with Crippen LogP contribution in [0.3, 0.4) is 0 Å². The zero-order chi connectivity index (χ0) is 12.4. The van der Waals surface area contributed by atoms with Crippen LogP contribution in [0.15, 0.2) is 24.5 Å². The van der Waals surface area contributed by atoms with E-state index in [9.17, 15) is 14.4 Å². The van der Waals surface area contributed by atoms with Crippen LogP contribution in [0.5, 0.6) is 0 Å². The van der Waals surface area contributed by atoms with Gasteiger partial charge < -0.3 is 5.11 Å². The number of aliphatic carboxylic acids is 1. The minimum absolute atomic E-state index is 0.0723. The van der Waals surface area contributed by atoms with Crippen LogP contribution in [0.4, 0.5) is 0 Å². The molecule has 0 aliphatic carbocycles. The first-order valence-electron chi connectivity index (χ1n) is 5.09. The Kier molecular flexibility index (Phi) is 2.86. The summed E-state index contributed by atoms with van der Waals surface area (Å²) < 4.78 is 0. The van der Waals surface area contributed by atoms with E-state index in [2.05, 4.69) is 4.98 Å². The topological polar surface area (TPSA) is 87.6 Å². The van der Waals surface area contributed by atoms with Gasteiger partial charge in [-0.25, -0.2) is 4.79 Å². The summed E-state index contributed by atoms with van der Waals surface area (Å²) in [6, 6.07) is 1.83. The second-order valence-electron chi connectivity index (χ2n) is 3.68. The Hall–Kier alpha value is -2.24. The van der Waals surface area contributed by atoms with E-state index < -0.39 is 23.8 Å². The monoisotopic (exact) mass is 234 g/mol. The number of carboxylic acids is 1. The lowest BCUT2D eigenvalue weighted by molar-refractivity contribution is -0.154. The van der Waals surface area contributed by atoms with Gasteiger partial charge in [-0.3, -0.25) is 19.5 Å². The van der Waals surface area contributed by atoms with Crippen LogP contribution >= 0.6 is 0 Å². The summed E-state index contributed by atoms with van der Waals surface area (Å²) in [7, 11) is 0. The summed E-state index contributed by atoms with van der Waals surface area (Å²) in [5, 5.41) is 9.15. The van der Waals surface area contributed by atoms with Gasteiger partial charge in [-0.2, -0.15) is 0 Å². The standard InChI is InChI=1S/C11H10N2O4/c14-8-3-4-9(15)13(8)10(11(16)17)7-2-1-5-12-6-7/h1-2,5-6,10H,3-4H2,(H,16,17). The van der Waals surface area contributed by atoms with Crippen molar-refractivity contribution in [2.45, 2.75) is 18.9 Å². The highest BCUT2D eigenvalue weighted by atomic mass is 16.4. The van der Waals surface area contributed by atoms with Gasteiger partial charge in [0.1, 0.15) is 0 Å². The second-order valence-corrected chi connectivity index (χ2v) is 3.68. The number of rotatable bonds is 3. The van der Waals surface area contributed by atoms with E-state index in [0.29, 0.717) is 5.56 Å². The molecule has 1 aromatic heterocycles. The third kappa shape index (κ3) is 2.01. The van der Waals surface area contributed by atoms with Crippen molar-refractivity contribution in [3.63, 3.8) is 0 Å². The van der Waals surface area contributed by atoms with Gasteiger partial charge in [-0.15, -0.1) is 0 Å². The van der Waals surface area contributed by atoms with Crippen LogP contribution in [0.2, 0.25) is 0 Å². The van der Waals surface area contributed by atoms with Gasteiger partial charge in [0.2, 0.25) is 11.8 Å². The number of pyridine rings is 1. The highest BCUT2D eigenvalue weighted by Gasteiger charge is 2.39. The van der Waals surface area contributed by atoms with Crippen LogP contribution in [0, 0.1) is 0 Å². The lowest BCUT2D eigenvalue weighted by Gasteiger charge is -2.22. The Morgan fingerprint density at radius 2 is 2.00 bits per heavy atom. The molecule has 17 heavy (non-hydrogen) atoms. The molecule has 1 N–H and O–H groups in total. The third-order valence-corrected chi connectivity index (χ3v) is 2.58. The third-order valence-electron chi connectivity index (χ3n) is 2.58. The van der Waals surface area contributed by atoms with Gasteiger partial charge in [0, 0.05) is 30.8 Å². The highest BCUT2D eigenvalue weighted by molar-refractivity contribution is 6.05. The molecule has 1 saturated heterocycles. The first kappa shape index (κ1) is 11.3. The van der Waals surface area contributed by atoms with Gasteiger partial charge in [-0.1, -0.05) is 6.07 Å². The molecule has 1 aliphatic heterocycles. The van der Waals surface area contributed by atoms with Crippen molar-refractivity contribution in [3.05, 3.63) is 30.1 Å². The van der Waals surface area contributed by atoms with Crippen LogP contribution < -0.4 is 0 Å². The molecule has 88 valence electrons. The molecule has 0 bridgehead atoms. The summed E-state index contributed by atoms with van der Waals surface area (Å²) in [5.41, 5.74) is 0.323. The lowest BCUT2D eigenvalue weighted by Crippen LogP contribution is -2.38. The molecule has 1 fully saturated rings. The zero-order valence-electron chi connectivity index (χ0n) is 8.87. The fraction of sp³-hybridized carbons (Fsp3) is 0.273. The molecule has 2 rings (SSSR count). The number of imide groups is 1. The number of carbonyl (C=O) groups is 3. The Bertz CT molecular complexity index is 456. The molecular weight excluding hydrogens is 224 g/mol. The first-order chi connectivity index (χ1) is 8.11. The normalized spacial score (nSPS) is 17.3. The smallest absolute Gasteiger partial charge is 0.331 e. The molecule has 0 radical (unpaired) electrons. The minimum atomic E-state index is -1.27. The number of hydrogen-bond donors (Lipinski definition) is 1.